The van der Waals surface area contributed by atoms with E-state index in [1.165, 1.54) is 5.57 Å². The molecule has 0 aromatic rings. The lowest BCUT2D eigenvalue weighted by atomic mass is 9.56. The first-order valence-electron chi connectivity index (χ1n) is 7.20. The minimum atomic E-state index is -0.789. The lowest BCUT2D eigenvalue weighted by molar-refractivity contribution is -0.136. The van der Waals surface area contributed by atoms with Crippen molar-refractivity contribution in [3.63, 3.8) is 0 Å². The normalized spacial score (nSPS) is 38.3. The van der Waals surface area contributed by atoms with E-state index in [1.54, 1.807) is 0 Å². The Labute approximate surface area is 115 Å². The zero-order chi connectivity index (χ0) is 14.2. The number of fused-ring (bicyclic) bond motifs is 1. The van der Waals surface area contributed by atoms with Crippen LogP contribution in [-0.4, -0.2) is 16.6 Å². The summed E-state index contributed by atoms with van der Waals surface area (Å²) < 4.78 is 0. The topological polar surface area (TPSA) is 63.3 Å². The second kappa shape index (κ2) is 5.12. The van der Waals surface area contributed by atoms with Crippen molar-refractivity contribution in [3.05, 3.63) is 23.8 Å². The predicted octanol–water partition coefficient (Wildman–Crippen LogP) is 3.12. The van der Waals surface area contributed by atoms with E-state index >= 15 is 0 Å². The molecule has 4 atom stereocenters. The molecule has 0 amide bonds. The van der Waals surface area contributed by atoms with Crippen LogP contribution in [0.3, 0.4) is 0 Å². The third-order valence-corrected chi connectivity index (χ3v) is 5.20. The second-order valence-corrected chi connectivity index (χ2v) is 6.46. The van der Waals surface area contributed by atoms with Crippen molar-refractivity contribution < 1.29 is 9.90 Å². The number of rotatable bonds is 3. The number of nitrogens with two attached hydrogens (primary N) is 1. The number of hydrogen-bond acceptors (Lipinski definition) is 2. The van der Waals surface area contributed by atoms with Crippen molar-refractivity contribution in [2.24, 2.45) is 23.5 Å². The van der Waals surface area contributed by atoms with Gasteiger partial charge in [0, 0.05) is 11.5 Å². The van der Waals surface area contributed by atoms with E-state index in [0.29, 0.717) is 5.92 Å². The molecule has 0 aromatic carbocycles. The minimum absolute atomic E-state index is 0.0680. The third-order valence-electron chi connectivity index (χ3n) is 5.20. The van der Waals surface area contributed by atoms with Gasteiger partial charge in [-0.25, -0.2) is 0 Å². The third kappa shape index (κ3) is 2.62. The van der Waals surface area contributed by atoms with Gasteiger partial charge in [0.15, 0.2) is 0 Å². The zero-order valence-electron chi connectivity index (χ0n) is 12.0. The van der Waals surface area contributed by atoms with Crippen LogP contribution >= 0.6 is 0 Å². The zero-order valence-corrected chi connectivity index (χ0v) is 12.0. The molecule has 19 heavy (non-hydrogen) atoms. The number of hydrogen-bond donors (Lipinski definition) is 2. The first-order valence-corrected chi connectivity index (χ1v) is 7.20. The quantitative estimate of drug-likeness (QED) is 0.769. The molecule has 0 aromatic heterocycles. The van der Waals surface area contributed by atoms with Crippen LogP contribution in [0.5, 0.6) is 0 Å². The van der Waals surface area contributed by atoms with E-state index in [1.807, 2.05) is 0 Å². The number of allylic oxidation sites excluding steroid dienone is 1. The predicted molar refractivity (Wildman–Crippen MR) is 76.7 cm³/mol. The molecule has 106 valence electrons. The van der Waals surface area contributed by atoms with E-state index in [2.05, 4.69) is 26.5 Å². The molecule has 0 bridgehead atoms. The molecule has 0 heterocycles. The standard InChI is InChI=1S/C16H25NO2/c1-10-6-7-16(17)12(3)4-5-13(14(16)8-10)11(2)9-15(18)19/h8,12-14H,2,4-7,9,17H2,1,3H3,(H,18,19)/t12-,13?,14-,16-/m1/s1. The van der Waals surface area contributed by atoms with Gasteiger partial charge >= 0.3 is 5.97 Å². The summed E-state index contributed by atoms with van der Waals surface area (Å²) in [5, 5.41) is 8.97. The Morgan fingerprint density at radius 2 is 2.26 bits per heavy atom. The Balaban J connectivity index is 2.28. The summed E-state index contributed by atoms with van der Waals surface area (Å²) in [5.74, 6) is 0.197. The van der Waals surface area contributed by atoms with Gasteiger partial charge in [-0.1, -0.05) is 30.7 Å². The highest BCUT2D eigenvalue weighted by Gasteiger charge is 2.47. The lowest BCUT2D eigenvalue weighted by Gasteiger charge is -2.52. The van der Waals surface area contributed by atoms with Crippen LogP contribution < -0.4 is 5.73 Å². The fraction of sp³-hybridized carbons (Fsp3) is 0.688. The average Bonchev–Trinajstić information content (AvgIpc) is 2.31. The van der Waals surface area contributed by atoms with E-state index in [0.717, 1.165) is 31.3 Å². The maximum absolute atomic E-state index is 10.9. The molecule has 2 aliphatic rings. The van der Waals surface area contributed by atoms with Crippen LogP contribution in [-0.2, 0) is 4.79 Å². The summed E-state index contributed by atoms with van der Waals surface area (Å²) in [6.45, 7) is 8.41. The Morgan fingerprint density at radius 3 is 2.89 bits per heavy atom. The van der Waals surface area contributed by atoms with Crippen molar-refractivity contribution in [1.82, 2.24) is 0 Å². The molecule has 1 fully saturated rings. The molecule has 3 heteroatoms. The highest BCUT2D eigenvalue weighted by Crippen LogP contribution is 2.49. The van der Waals surface area contributed by atoms with Crippen LogP contribution in [0.25, 0.3) is 0 Å². The summed E-state index contributed by atoms with van der Waals surface area (Å²) in [6, 6.07) is 0. The van der Waals surface area contributed by atoms with Gasteiger partial charge in [0.05, 0.1) is 6.42 Å². The average molecular weight is 263 g/mol. The van der Waals surface area contributed by atoms with Crippen molar-refractivity contribution in [3.8, 4) is 0 Å². The van der Waals surface area contributed by atoms with E-state index in [-0.39, 0.29) is 23.8 Å². The van der Waals surface area contributed by atoms with Crippen molar-refractivity contribution in [2.45, 2.75) is 51.5 Å². The maximum Gasteiger partial charge on any atom is 0.307 e. The van der Waals surface area contributed by atoms with Crippen LogP contribution in [0.4, 0.5) is 0 Å². The van der Waals surface area contributed by atoms with E-state index in [4.69, 9.17) is 10.8 Å². The van der Waals surface area contributed by atoms with Crippen LogP contribution in [0.2, 0.25) is 0 Å². The summed E-state index contributed by atoms with van der Waals surface area (Å²) in [5.41, 5.74) is 8.74. The largest absolute Gasteiger partial charge is 0.481 e. The van der Waals surface area contributed by atoms with E-state index in [9.17, 15) is 4.79 Å². The fourth-order valence-electron chi connectivity index (χ4n) is 3.85. The van der Waals surface area contributed by atoms with Crippen LogP contribution in [0, 0.1) is 17.8 Å². The molecule has 3 nitrogen and oxygen atoms in total. The molecule has 3 N–H and O–H groups in total. The molecule has 1 unspecified atom stereocenters. The maximum atomic E-state index is 10.9. The molecular weight excluding hydrogens is 238 g/mol. The number of carboxylic acids is 1. The highest BCUT2D eigenvalue weighted by molar-refractivity contribution is 5.70. The van der Waals surface area contributed by atoms with Gasteiger partial charge in [0.1, 0.15) is 0 Å². The monoisotopic (exact) mass is 263 g/mol. The first kappa shape index (κ1) is 14.3. The SMILES string of the molecule is C=C(CC(=O)O)C1CC[C@@H](C)[C@]2(N)CCC(C)=C[C@H]12. The summed E-state index contributed by atoms with van der Waals surface area (Å²) in [7, 11) is 0. The first-order chi connectivity index (χ1) is 8.84. The van der Waals surface area contributed by atoms with Crippen LogP contribution in [0.15, 0.2) is 23.8 Å². The highest BCUT2D eigenvalue weighted by atomic mass is 16.4. The number of carbonyl (C=O) groups is 1. The lowest BCUT2D eigenvalue weighted by Crippen LogP contribution is -2.58. The number of aliphatic carboxylic acids is 1. The molecule has 2 rings (SSSR count). The molecular formula is C16H25NO2. The summed E-state index contributed by atoms with van der Waals surface area (Å²) in [6.07, 6.45) is 6.52. The Kier molecular flexibility index (Phi) is 3.86. The van der Waals surface area contributed by atoms with Gasteiger partial charge in [-0.15, -0.1) is 0 Å². The minimum Gasteiger partial charge on any atom is -0.481 e. The van der Waals surface area contributed by atoms with Crippen molar-refractivity contribution in [2.75, 3.05) is 0 Å². The van der Waals surface area contributed by atoms with Crippen molar-refractivity contribution >= 4 is 5.97 Å². The molecule has 0 aliphatic heterocycles. The molecule has 1 saturated carbocycles. The molecule has 2 aliphatic carbocycles. The summed E-state index contributed by atoms with van der Waals surface area (Å²) in [4.78, 5) is 10.9. The Morgan fingerprint density at radius 1 is 1.58 bits per heavy atom. The van der Waals surface area contributed by atoms with Gasteiger partial charge in [0.25, 0.3) is 0 Å². The molecule has 0 saturated heterocycles. The van der Waals surface area contributed by atoms with Gasteiger partial charge in [-0.2, -0.15) is 0 Å². The van der Waals surface area contributed by atoms with Gasteiger partial charge in [-0.05, 0) is 44.4 Å². The smallest absolute Gasteiger partial charge is 0.307 e. The Hall–Kier alpha value is -1.09. The fourth-order valence-corrected chi connectivity index (χ4v) is 3.85. The van der Waals surface area contributed by atoms with Crippen LogP contribution in [0.1, 0.15) is 46.0 Å². The molecule has 0 spiro atoms. The van der Waals surface area contributed by atoms with Gasteiger partial charge in [-0.3, -0.25) is 4.79 Å². The second-order valence-electron chi connectivity index (χ2n) is 6.46. The molecule has 0 radical (unpaired) electrons. The van der Waals surface area contributed by atoms with Crippen molar-refractivity contribution in [1.29, 1.82) is 0 Å². The van der Waals surface area contributed by atoms with E-state index < -0.39 is 5.97 Å². The van der Waals surface area contributed by atoms with Gasteiger partial charge < -0.3 is 10.8 Å². The number of carboxylic acid groups (broad SMARTS) is 1. The van der Waals surface area contributed by atoms with Gasteiger partial charge in [0.2, 0.25) is 0 Å². The summed E-state index contributed by atoms with van der Waals surface area (Å²) >= 11 is 0. The Bertz CT molecular complexity index is 426.